The molecule has 3 rings (SSSR count). The lowest BCUT2D eigenvalue weighted by atomic mass is 10.0. The molecule has 1 spiro atoms. The van der Waals surface area contributed by atoms with Gasteiger partial charge in [0.2, 0.25) is 5.91 Å². The number of aryl methyl sites for hydroxylation is 1. The predicted octanol–water partition coefficient (Wildman–Crippen LogP) is 2.66. The molecule has 0 aromatic carbocycles. The fraction of sp³-hybridized carbons (Fsp3) is 0.467. The van der Waals surface area contributed by atoms with E-state index in [1.807, 2.05) is 17.9 Å². The third-order valence-corrected chi connectivity index (χ3v) is 4.17. The molecule has 20 heavy (non-hydrogen) atoms. The van der Waals surface area contributed by atoms with Crippen LogP contribution in [0.5, 0.6) is 0 Å². The number of hydrogen-bond donors (Lipinski definition) is 0. The summed E-state index contributed by atoms with van der Waals surface area (Å²) < 4.78 is 5.96. The third-order valence-electron chi connectivity index (χ3n) is 3.98. The maximum absolute atomic E-state index is 12.1. The van der Waals surface area contributed by atoms with E-state index < -0.39 is 0 Å². The van der Waals surface area contributed by atoms with Crippen LogP contribution < -0.4 is 0 Å². The molecule has 106 valence electrons. The number of morpholine rings is 1. The van der Waals surface area contributed by atoms with Gasteiger partial charge in [0.25, 0.3) is 0 Å². The smallest absolute Gasteiger partial charge is 0.246 e. The average molecular weight is 293 g/mol. The van der Waals surface area contributed by atoms with Crippen molar-refractivity contribution in [2.24, 2.45) is 0 Å². The Kier molecular flexibility index (Phi) is 3.30. The standard InChI is InChI=1S/C15H17ClN2O2/c1-3-14(19)18-9-15(4-5-15)20-8-12(18)11-6-10(2)17-13(16)7-11/h3,6-7,12H,1,4-5,8-9H2,2H3. The Balaban J connectivity index is 1.93. The van der Waals surface area contributed by atoms with Crippen molar-refractivity contribution in [3.8, 4) is 0 Å². The summed E-state index contributed by atoms with van der Waals surface area (Å²) in [6.45, 7) is 6.61. The molecule has 1 amide bonds. The quantitative estimate of drug-likeness (QED) is 0.622. The van der Waals surface area contributed by atoms with Gasteiger partial charge in [0.05, 0.1) is 24.8 Å². The lowest BCUT2D eigenvalue weighted by Crippen LogP contribution is -2.48. The Hall–Kier alpha value is -1.39. The first kappa shape index (κ1) is 13.6. The largest absolute Gasteiger partial charge is 0.371 e. The molecule has 1 aromatic heterocycles. The number of rotatable bonds is 2. The molecule has 1 saturated heterocycles. The molecule has 0 N–H and O–H groups in total. The Labute approximate surface area is 123 Å². The Morgan fingerprint density at radius 1 is 1.60 bits per heavy atom. The third kappa shape index (κ3) is 2.45. The summed E-state index contributed by atoms with van der Waals surface area (Å²) in [5.41, 5.74) is 1.69. The average Bonchev–Trinajstić information content (AvgIpc) is 3.16. The molecule has 1 aromatic rings. The molecule has 0 radical (unpaired) electrons. The van der Waals surface area contributed by atoms with Crippen LogP contribution in [-0.2, 0) is 9.53 Å². The van der Waals surface area contributed by atoms with Gasteiger partial charge in [0.1, 0.15) is 5.15 Å². The van der Waals surface area contributed by atoms with Gasteiger partial charge in [-0.2, -0.15) is 0 Å². The molecule has 2 fully saturated rings. The minimum Gasteiger partial charge on any atom is -0.371 e. The highest BCUT2D eigenvalue weighted by molar-refractivity contribution is 6.29. The van der Waals surface area contributed by atoms with Crippen molar-refractivity contribution in [2.75, 3.05) is 13.2 Å². The lowest BCUT2D eigenvalue weighted by Gasteiger charge is -2.40. The van der Waals surface area contributed by atoms with Crippen molar-refractivity contribution in [2.45, 2.75) is 31.4 Å². The highest BCUT2D eigenvalue weighted by atomic mass is 35.5. The second-order valence-electron chi connectivity index (χ2n) is 5.54. The predicted molar refractivity (Wildman–Crippen MR) is 76.6 cm³/mol. The van der Waals surface area contributed by atoms with E-state index in [2.05, 4.69) is 11.6 Å². The summed E-state index contributed by atoms with van der Waals surface area (Å²) >= 11 is 6.02. The van der Waals surface area contributed by atoms with Crippen LogP contribution in [0.15, 0.2) is 24.8 Å². The van der Waals surface area contributed by atoms with Crippen LogP contribution in [0.4, 0.5) is 0 Å². The SMILES string of the molecule is C=CC(=O)N1CC2(CC2)OCC1c1cc(C)nc(Cl)c1. The molecular formula is C15H17ClN2O2. The van der Waals surface area contributed by atoms with Crippen LogP contribution in [0.3, 0.4) is 0 Å². The number of nitrogens with zero attached hydrogens (tertiary/aromatic N) is 2. The summed E-state index contributed by atoms with van der Waals surface area (Å²) in [5.74, 6) is -0.0600. The van der Waals surface area contributed by atoms with Crippen molar-refractivity contribution < 1.29 is 9.53 Å². The van der Waals surface area contributed by atoms with E-state index in [0.717, 1.165) is 24.1 Å². The Morgan fingerprint density at radius 3 is 2.95 bits per heavy atom. The molecule has 1 atom stereocenters. The van der Waals surface area contributed by atoms with Crippen molar-refractivity contribution in [1.82, 2.24) is 9.88 Å². The van der Waals surface area contributed by atoms with Gasteiger partial charge in [0, 0.05) is 5.69 Å². The molecule has 1 aliphatic carbocycles. The Bertz CT molecular complexity index is 549. The van der Waals surface area contributed by atoms with Gasteiger partial charge in [-0.25, -0.2) is 4.98 Å². The van der Waals surface area contributed by atoms with E-state index in [1.54, 1.807) is 6.07 Å². The summed E-state index contributed by atoms with van der Waals surface area (Å²) in [4.78, 5) is 18.1. The van der Waals surface area contributed by atoms with Gasteiger partial charge in [-0.1, -0.05) is 18.2 Å². The second kappa shape index (κ2) is 4.86. The molecular weight excluding hydrogens is 276 g/mol. The number of pyridine rings is 1. The fourth-order valence-electron chi connectivity index (χ4n) is 2.72. The highest BCUT2D eigenvalue weighted by Gasteiger charge is 2.50. The number of halogens is 1. The summed E-state index contributed by atoms with van der Waals surface area (Å²) in [6, 6.07) is 3.64. The zero-order valence-electron chi connectivity index (χ0n) is 11.4. The van der Waals surface area contributed by atoms with E-state index in [-0.39, 0.29) is 17.6 Å². The van der Waals surface area contributed by atoms with Crippen LogP contribution in [0.25, 0.3) is 0 Å². The maximum Gasteiger partial charge on any atom is 0.246 e. The van der Waals surface area contributed by atoms with E-state index in [9.17, 15) is 4.79 Å². The van der Waals surface area contributed by atoms with Gasteiger partial charge in [-0.3, -0.25) is 4.79 Å². The van der Waals surface area contributed by atoms with Crippen molar-refractivity contribution in [1.29, 1.82) is 0 Å². The molecule has 1 aliphatic heterocycles. The summed E-state index contributed by atoms with van der Waals surface area (Å²) in [5, 5.41) is 0.442. The van der Waals surface area contributed by atoms with Crippen molar-refractivity contribution in [3.63, 3.8) is 0 Å². The van der Waals surface area contributed by atoms with Gasteiger partial charge in [-0.05, 0) is 43.5 Å². The van der Waals surface area contributed by atoms with E-state index >= 15 is 0 Å². The molecule has 4 nitrogen and oxygen atoms in total. The van der Waals surface area contributed by atoms with Crippen LogP contribution in [0.2, 0.25) is 5.15 Å². The normalized spacial score (nSPS) is 23.7. The Morgan fingerprint density at radius 2 is 2.35 bits per heavy atom. The molecule has 1 saturated carbocycles. The number of ether oxygens (including phenoxy) is 1. The second-order valence-corrected chi connectivity index (χ2v) is 5.93. The molecule has 2 aliphatic rings. The number of carbonyl (C=O) groups excluding carboxylic acids is 1. The summed E-state index contributed by atoms with van der Waals surface area (Å²) in [7, 11) is 0. The minimum atomic E-state index is -0.120. The number of amides is 1. The van der Waals surface area contributed by atoms with Crippen LogP contribution in [-0.4, -0.2) is 34.5 Å². The topological polar surface area (TPSA) is 42.4 Å². The number of carbonyl (C=O) groups is 1. The minimum absolute atomic E-state index is 0.0600. The van der Waals surface area contributed by atoms with Gasteiger partial charge in [0.15, 0.2) is 0 Å². The van der Waals surface area contributed by atoms with Crippen LogP contribution in [0, 0.1) is 6.92 Å². The van der Waals surface area contributed by atoms with Gasteiger partial charge >= 0.3 is 0 Å². The van der Waals surface area contributed by atoms with Gasteiger partial charge in [-0.15, -0.1) is 0 Å². The van der Waals surface area contributed by atoms with Crippen molar-refractivity contribution in [3.05, 3.63) is 41.2 Å². The van der Waals surface area contributed by atoms with Gasteiger partial charge < -0.3 is 9.64 Å². The van der Waals surface area contributed by atoms with Crippen LogP contribution in [0.1, 0.15) is 30.1 Å². The highest BCUT2D eigenvalue weighted by Crippen LogP contribution is 2.45. The van der Waals surface area contributed by atoms with Crippen molar-refractivity contribution >= 4 is 17.5 Å². The zero-order valence-corrected chi connectivity index (χ0v) is 12.2. The molecule has 0 bridgehead atoms. The lowest BCUT2D eigenvalue weighted by molar-refractivity contribution is -0.143. The maximum atomic E-state index is 12.1. The fourth-order valence-corrected chi connectivity index (χ4v) is 2.98. The first-order valence-corrected chi connectivity index (χ1v) is 7.12. The number of aromatic nitrogens is 1. The number of hydrogen-bond acceptors (Lipinski definition) is 3. The van der Waals surface area contributed by atoms with E-state index in [4.69, 9.17) is 16.3 Å². The monoisotopic (exact) mass is 292 g/mol. The molecule has 5 heteroatoms. The summed E-state index contributed by atoms with van der Waals surface area (Å²) in [6.07, 6.45) is 3.41. The first-order valence-electron chi connectivity index (χ1n) is 6.74. The van der Waals surface area contributed by atoms with E-state index in [0.29, 0.717) is 18.3 Å². The first-order chi connectivity index (χ1) is 9.53. The molecule has 2 heterocycles. The zero-order chi connectivity index (χ0) is 14.3. The van der Waals surface area contributed by atoms with E-state index in [1.165, 1.54) is 6.08 Å². The van der Waals surface area contributed by atoms with Crippen LogP contribution >= 0.6 is 11.6 Å². The molecule has 1 unspecified atom stereocenters.